The van der Waals surface area contributed by atoms with Gasteiger partial charge in [-0.25, -0.2) is 0 Å². The van der Waals surface area contributed by atoms with Crippen LogP contribution in [0.15, 0.2) is 24.3 Å². The molecular weight excluding hydrogens is 358 g/mol. The van der Waals surface area contributed by atoms with Crippen molar-refractivity contribution in [2.45, 2.75) is 83.8 Å². The van der Waals surface area contributed by atoms with Gasteiger partial charge in [-0.1, -0.05) is 36.6 Å². The predicted molar refractivity (Wildman–Crippen MR) is 111 cm³/mol. The fourth-order valence-corrected chi connectivity index (χ4v) is 5.22. The number of nitrogens with zero attached hydrogens (tertiary/aromatic N) is 1. The lowest BCUT2D eigenvalue weighted by atomic mass is 9.77. The maximum atomic E-state index is 12.4. The topological polar surface area (TPSA) is 29.5 Å². The Labute approximate surface area is 169 Å². The number of carbonyl (C=O) groups is 1. The molecule has 1 aromatic carbocycles. The molecule has 1 saturated carbocycles. The van der Waals surface area contributed by atoms with Gasteiger partial charge >= 0.3 is 0 Å². The molecule has 1 heterocycles. The van der Waals surface area contributed by atoms with Crippen LogP contribution < -0.4 is 0 Å². The Hall–Kier alpha value is -1.06. The van der Waals surface area contributed by atoms with E-state index in [1.165, 1.54) is 31.2 Å². The first-order valence-corrected chi connectivity index (χ1v) is 10.8. The zero-order chi connectivity index (χ0) is 19.5. The Morgan fingerprint density at radius 1 is 1.22 bits per heavy atom. The lowest BCUT2D eigenvalue weighted by Crippen LogP contribution is -2.48. The SMILES string of the molecule is CC(=O)N(CCC1(Cc2ccc(Cl)cc2)CCCC1)[C@H]1CCOC(C)(C)C1. The van der Waals surface area contributed by atoms with Gasteiger partial charge in [-0.3, -0.25) is 4.79 Å². The minimum Gasteiger partial charge on any atom is -0.375 e. The Kier molecular flexibility index (Phi) is 6.53. The van der Waals surface area contributed by atoms with E-state index in [1.54, 1.807) is 6.92 Å². The van der Waals surface area contributed by atoms with Crippen molar-refractivity contribution in [1.82, 2.24) is 4.90 Å². The van der Waals surface area contributed by atoms with Crippen LogP contribution in [0.5, 0.6) is 0 Å². The number of carbonyl (C=O) groups excluding carboxylic acids is 1. The van der Waals surface area contributed by atoms with E-state index in [4.69, 9.17) is 16.3 Å². The number of amides is 1. The van der Waals surface area contributed by atoms with E-state index in [9.17, 15) is 4.79 Å². The molecule has 150 valence electrons. The number of rotatable bonds is 6. The summed E-state index contributed by atoms with van der Waals surface area (Å²) in [6, 6.07) is 8.61. The molecule has 0 bridgehead atoms. The van der Waals surface area contributed by atoms with E-state index in [0.717, 1.165) is 43.9 Å². The smallest absolute Gasteiger partial charge is 0.219 e. The van der Waals surface area contributed by atoms with Crippen LogP contribution >= 0.6 is 11.6 Å². The molecule has 4 heteroatoms. The second kappa shape index (κ2) is 8.53. The largest absolute Gasteiger partial charge is 0.375 e. The molecule has 0 aromatic heterocycles. The quantitative estimate of drug-likeness (QED) is 0.628. The number of hydrogen-bond donors (Lipinski definition) is 0. The summed E-state index contributed by atoms with van der Waals surface area (Å²) in [4.78, 5) is 14.6. The normalized spacial score (nSPS) is 23.9. The van der Waals surface area contributed by atoms with E-state index < -0.39 is 0 Å². The molecule has 2 aliphatic rings. The average Bonchev–Trinajstić information content (AvgIpc) is 3.05. The zero-order valence-corrected chi connectivity index (χ0v) is 17.9. The lowest BCUT2D eigenvalue weighted by molar-refractivity contribution is -0.138. The first-order valence-electron chi connectivity index (χ1n) is 10.4. The maximum absolute atomic E-state index is 12.4. The van der Waals surface area contributed by atoms with E-state index in [2.05, 4.69) is 30.9 Å². The Morgan fingerprint density at radius 3 is 2.48 bits per heavy atom. The minimum absolute atomic E-state index is 0.134. The molecule has 1 aliphatic heterocycles. The van der Waals surface area contributed by atoms with Gasteiger partial charge < -0.3 is 9.64 Å². The third-order valence-electron chi connectivity index (χ3n) is 6.56. The second-order valence-corrected chi connectivity index (χ2v) is 9.66. The summed E-state index contributed by atoms with van der Waals surface area (Å²) in [6.07, 6.45) is 9.20. The molecule has 1 aromatic rings. The van der Waals surface area contributed by atoms with Crippen molar-refractivity contribution in [3.8, 4) is 0 Å². The molecular formula is C23H34ClNO2. The molecule has 0 unspecified atom stereocenters. The highest BCUT2D eigenvalue weighted by molar-refractivity contribution is 6.30. The first kappa shape index (κ1) is 20.7. The summed E-state index contributed by atoms with van der Waals surface area (Å²) >= 11 is 6.06. The van der Waals surface area contributed by atoms with Crippen molar-refractivity contribution in [3.63, 3.8) is 0 Å². The van der Waals surface area contributed by atoms with Crippen molar-refractivity contribution < 1.29 is 9.53 Å². The molecule has 1 saturated heterocycles. The van der Waals surface area contributed by atoms with Gasteiger partial charge in [-0.15, -0.1) is 0 Å². The standard InChI is InChI=1S/C23H34ClNO2/c1-18(26)25(21-10-15-27-22(2,3)17-21)14-13-23(11-4-5-12-23)16-19-6-8-20(24)9-7-19/h6-9,21H,4-5,10-17H2,1-3H3/t21-/m0/s1. The minimum atomic E-state index is -0.134. The van der Waals surface area contributed by atoms with Crippen LogP contribution in [0.25, 0.3) is 0 Å². The fraction of sp³-hybridized carbons (Fsp3) is 0.696. The third kappa shape index (κ3) is 5.48. The molecule has 3 rings (SSSR count). The monoisotopic (exact) mass is 391 g/mol. The maximum Gasteiger partial charge on any atom is 0.219 e. The van der Waals surface area contributed by atoms with Crippen LogP contribution in [-0.4, -0.2) is 35.6 Å². The van der Waals surface area contributed by atoms with E-state index in [-0.39, 0.29) is 11.5 Å². The van der Waals surface area contributed by atoms with E-state index in [1.807, 2.05) is 12.1 Å². The van der Waals surface area contributed by atoms with Crippen molar-refractivity contribution >= 4 is 17.5 Å². The van der Waals surface area contributed by atoms with Gasteiger partial charge in [0, 0.05) is 31.1 Å². The van der Waals surface area contributed by atoms with Gasteiger partial charge in [0.1, 0.15) is 0 Å². The Balaban J connectivity index is 1.68. The summed E-state index contributed by atoms with van der Waals surface area (Å²) in [6.45, 7) is 7.61. The summed E-state index contributed by atoms with van der Waals surface area (Å²) < 4.78 is 5.86. The summed E-state index contributed by atoms with van der Waals surface area (Å²) in [5.74, 6) is 0.206. The van der Waals surface area contributed by atoms with Gasteiger partial charge in [0.2, 0.25) is 5.91 Å². The molecule has 1 atom stereocenters. The van der Waals surface area contributed by atoms with Crippen molar-refractivity contribution in [3.05, 3.63) is 34.9 Å². The Morgan fingerprint density at radius 2 is 1.89 bits per heavy atom. The van der Waals surface area contributed by atoms with Gasteiger partial charge in [0.15, 0.2) is 0 Å². The number of halogens is 1. The van der Waals surface area contributed by atoms with Crippen LogP contribution in [0.2, 0.25) is 5.02 Å². The molecule has 2 fully saturated rings. The Bertz CT molecular complexity index is 634. The average molecular weight is 392 g/mol. The highest BCUT2D eigenvalue weighted by Crippen LogP contribution is 2.44. The highest BCUT2D eigenvalue weighted by atomic mass is 35.5. The predicted octanol–water partition coefficient (Wildman–Crippen LogP) is 5.64. The number of benzene rings is 1. The summed E-state index contributed by atoms with van der Waals surface area (Å²) in [7, 11) is 0. The summed E-state index contributed by atoms with van der Waals surface area (Å²) in [5.41, 5.74) is 1.55. The van der Waals surface area contributed by atoms with Crippen molar-refractivity contribution in [2.75, 3.05) is 13.2 Å². The van der Waals surface area contributed by atoms with Crippen LogP contribution in [0.1, 0.15) is 71.3 Å². The zero-order valence-electron chi connectivity index (χ0n) is 17.1. The van der Waals surface area contributed by atoms with Crippen LogP contribution in [0.4, 0.5) is 0 Å². The van der Waals surface area contributed by atoms with E-state index >= 15 is 0 Å². The van der Waals surface area contributed by atoms with Gasteiger partial charge in [0.05, 0.1) is 5.60 Å². The lowest BCUT2D eigenvalue weighted by Gasteiger charge is -2.42. The summed E-state index contributed by atoms with van der Waals surface area (Å²) in [5, 5.41) is 0.795. The molecule has 0 spiro atoms. The molecule has 3 nitrogen and oxygen atoms in total. The van der Waals surface area contributed by atoms with Crippen LogP contribution in [0.3, 0.4) is 0 Å². The molecule has 1 amide bonds. The molecule has 1 aliphatic carbocycles. The fourth-order valence-electron chi connectivity index (χ4n) is 5.10. The van der Waals surface area contributed by atoms with Gasteiger partial charge in [0.25, 0.3) is 0 Å². The number of ether oxygens (including phenoxy) is 1. The molecule has 27 heavy (non-hydrogen) atoms. The number of hydrogen-bond acceptors (Lipinski definition) is 2. The van der Waals surface area contributed by atoms with Crippen LogP contribution in [-0.2, 0) is 16.0 Å². The highest BCUT2D eigenvalue weighted by Gasteiger charge is 2.37. The molecule has 0 N–H and O–H groups in total. The van der Waals surface area contributed by atoms with Crippen molar-refractivity contribution in [2.24, 2.45) is 5.41 Å². The van der Waals surface area contributed by atoms with E-state index in [0.29, 0.717) is 11.5 Å². The van der Waals surface area contributed by atoms with Gasteiger partial charge in [-0.05, 0) is 75.5 Å². The second-order valence-electron chi connectivity index (χ2n) is 9.23. The third-order valence-corrected chi connectivity index (χ3v) is 6.81. The van der Waals surface area contributed by atoms with Crippen LogP contribution in [0, 0.1) is 5.41 Å². The van der Waals surface area contributed by atoms with Gasteiger partial charge in [-0.2, -0.15) is 0 Å². The first-order chi connectivity index (χ1) is 12.8. The molecule has 0 radical (unpaired) electrons. The van der Waals surface area contributed by atoms with Crippen molar-refractivity contribution in [1.29, 1.82) is 0 Å².